The number of nitrogens with one attached hydrogen (secondary N) is 1. The van der Waals surface area contributed by atoms with Gasteiger partial charge in [0.1, 0.15) is 19.3 Å². The molecule has 0 rings (SSSR count). The van der Waals surface area contributed by atoms with Crippen molar-refractivity contribution in [3.63, 3.8) is 0 Å². The van der Waals surface area contributed by atoms with Crippen LogP contribution in [0, 0.1) is 0 Å². The summed E-state index contributed by atoms with van der Waals surface area (Å²) in [7, 11) is 1.47. The first-order valence-corrected chi connectivity index (χ1v) is 34.7. The molecule has 0 aliphatic heterocycles. The molecule has 0 heterocycles. The molecule has 0 aliphatic rings. The maximum atomic E-state index is 13.6. The lowest BCUT2D eigenvalue weighted by Gasteiger charge is -2.27. The van der Waals surface area contributed by atoms with E-state index in [1.807, 2.05) is 33.3 Å². The average Bonchev–Trinajstić information content (AvgIpc) is 3.44. The number of carbonyl (C=O) groups excluding carboxylic acids is 2. The van der Waals surface area contributed by atoms with Gasteiger partial charge in [0.2, 0.25) is 5.91 Å². The fourth-order valence-electron chi connectivity index (χ4n) is 9.11. The number of quaternary nitrogens is 1. The summed E-state index contributed by atoms with van der Waals surface area (Å²) in [5, 5.41) is 3.06. The molecule has 9 nitrogen and oxygen atoms in total. The lowest BCUT2D eigenvalue weighted by Crippen LogP contribution is -2.47. The predicted molar refractivity (Wildman–Crippen MR) is 350 cm³/mol. The number of rotatable bonds is 59. The Kier molecular flexibility index (Phi) is 57.4. The summed E-state index contributed by atoms with van der Waals surface area (Å²) >= 11 is 0. The first-order chi connectivity index (χ1) is 39.4. The average molecular weight is 1150 g/mol. The number of likely N-dealkylation sites (N-methyl/N-ethyl adjacent to an activating group) is 1. The van der Waals surface area contributed by atoms with Gasteiger partial charge in [-0.25, -0.2) is 4.57 Å². The van der Waals surface area contributed by atoms with E-state index in [0.717, 1.165) is 128 Å². The largest absolute Gasteiger partial charge is 0.472 e. The Bertz CT molecular complexity index is 1750. The second-order valence-corrected chi connectivity index (χ2v) is 24.7. The zero-order chi connectivity index (χ0) is 59.3. The summed E-state index contributed by atoms with van der Waals surface area (Å²) in [5.41, 5.74) is 0. The topological polar surface area (TPSA) is 111 Å². The molecule has 81 heavy (non-hydrogen) atoms. The number of phosphoric ester groups is 1. The van der Waals surface area contributed by atoms with Crippen LogP contribution in [-0.4, -0.2) is 74.3 Å². The Balaban J connectivity index is 5.17. The van der Waals surface area contributed by atoms with Crippen molar-refractivity contribution in [3.8, 4) is 0 Å². The number of phosphoric acid groups is 1. The van der Waals surface area contributed by atoms with Crippen molar-refractivity contribution < 1.29 is 37.3 Å². The highest BCUT2D eigenvalue weighted by Crippen LogP contribution is 2.43. The molecule has 10 heteroatoms. The van der Waals surface area contributed by atoms with Gasteiger partial charge in [0.25, 0.3) is 0 Å². The van der Waals surface area contributed by atoms with E-state index in [9.17, 15) is 19.0 Å². The Morgan fingerprint density at radius 1 is 0.457 bits per heavy atom. The molecule has 3 atom stereocenters. The molecule has 2 N–H and O–H groups in total. The lowest BCUT2D eigenvalue weighted by molar-refractivity contribution is -0.870. The van der Waals surface area contributed by atoms with E-state index in [1.165, 1.54) is 116 Å². The summed E-state index contributed by atoms with van der Waals surface area (Å²) in [5.74, 6) is -0.530. The highest BCUT2D eigenvalue weighted by molar-refractivity contribution is 7.47. The number of nitrogens with zero attached hydrogens (tertiary/aromatic N) is 1. The zero-order valence-corrected chi connectivity index (χ0v) is 54.1. The van der Waals surface area contributed by atoms with Crippen LogP contribution in [0.15, 0.2) is 109 Å². The van der Waals surface area contributed by atoms with Gasteiger partial charge < -0.3 is 19.4 Å². The lowest BCUT2D eigenvalue weighted by atomic mass is 10.0. The molecule has 0 saturated heterocycles. The Labute approximate surface area is 500 Å². The van der Waals surface area contributed by atoms with Crippen LogP contribution in [0.3, 0.4) is 0 Å². The minimum Gasteiger partial charge on any atom is -0.456 e. The summed E-state index contributed by atoms with van der Waals surface area (Å²) in [6, 6.07) is -0.865. The van der Waals surface area contributed by atoms with Crippen LogP contribution in [0.2, 0.25) is 0 Å². The first-order valence-electron chi connectivity index (χ1n) is 33.2. The number of allylic oxidation sites excluding steroid dienone is 17. The highest BCUT2D eigenvalue weighted by Gasteiger charge is 2.30. The molecule has 0 bridgehead atoms. The molecule has 0 aromatic carbocycles. The second kappa shape index (κ2) is 59.8. The standard InChI is InChI=1S/C71H125N2O7P/c1-7-10-13-16-19-22-25-28-30-31-32-33-34-35-36-37-38-39-40-41-43-45-48-51-54-57-60-63-70(74)72-68(67-79-81(76,77)78-66-65-73(4,5)6)69(62-59-56-53-50-47-44-27-24-21-18-15-12-9-3)80-71(75)64-61-58-55-52-49-46-42-29-26-23-20-17-14-11-8-2/h10,13,19-20,22-23,26,28-30,32-33,35-36,38-39,59,62,68-69H,7-9,11-12,14-18,21,24-25,27,31,34,37,40-58,60-61,63-67H2,1-6H3,(H-,72,74,76,77)/p+1/b13-10-,22-19-,23-20+,29-26+,30-28-,33-32-,36-35-,39-38-,62-59-. The third-order valence-corrected chi connectivity index (χ3v) is 15.2. The van der Waals surface area contributed by atoms with Crippen molar-refractivity contribution in [1.29, 1.82) is 0 Å². The van der Waals surface area contributed by atoms with Crippen molar-refractivity contribution in [2.45, 2.75) is 290 Å². The van der Waals surface area contributed by atoms with E-state index in [1.54, 1.807) is 0 Å². The van der Waals surface area contributed by atoms with Gasteiger partial charge in [0, 0.05) is 12.8 Å². The molecular weight excluding hydrogens is 1020 g/mol. The highest BCUT2D eigenvalue weighted by atomic mass is 31.2. The molecule has 0 fully saturated rings. The van der Waals surface area contributed by atoms with E-state index < -0.39 is 20.0 Å². The Morgan fingerprint density at radius 2 is 0.827 bits per heavy atom. The van der Waals surface area contributed by atoms with Crippen LogP contribution >= 0.6 is 7.82 Å². The molecule has 466 valence electrons. The number of esters is 1. The van der Waals surface area contributed by atoms with Gasteiger partial charge >= 0.3 is 13.8 Å². The van der Waals surface area contributed by atoms with Crippen molar-refractivity contribution in [2.24, 2.45) is 0 Å². The molecule has 1 amide bonds. The van der Waals surface area contributed by atoms with Gasteiger partial charge in [-0.15, -0.1) is 0 Å². The second-order valence-electron chi connectivity index (χ2n) is 23.3. The Hall–Kier alpha value is -3.33. The minimum absolute atomic E-state index is 0.0316. The van der Waals surface area contributed by atoms with Crippen molar-refractivity contribution in [1.82, 2.24) is 5.32 Å². The fourth-order valence-corrected chi connectivity index (χ4v) is 9.85. The van der Waals surface area contributed by atoms with Gasteiger partial charge in [-0.05, 0) is 109 Å². The number of hydrogen-bond donors (Lipinski definition) is 2. The van der Waals surface area contributed by atoms with Crippen LogP contribution in [0.1, 0.15) is 278 Å². The van der Waals surface area contributed by atoms with E-state index in [-0.39, 0.29) is 31.5 Å². The van der Waals surface area contributed by atoms with Crippen molar-refractivity contribution in [3.05, 3.63) is 109 Å². The maximum absolute atomic E-state index is 13.6. The third-order valence-electron chi connectivity index (χ3n) is 14.2. The quantitative estimate of drug-likeness (QED) is 0.0156. The zero-order valence-electron chi connectivity index (χ0n) is 53.2. The number of unbranched alkanes of at least 4 members (excludes halogenated alkanes) is 28. The van der Waals surface area contributed by atoms with E-state index in [0.29, 0.717) is 17.4 Å². The number of ether oxygens (including phenoxy) is 1. The summed E-state index contributed by atoms with van der Waals surface area (Å²) in [4.78, 5) is 37.8. The van der Waals surface area contributed by atoms with Gasteiger partial charge in [0.05, 0.1) is 33.8 Å². The summed E-state index contributed by atoms with van der Waals surface area (Å²) < 4.78 is 30.7. The molecular formula is C71H126N2O7P+. The molecule has 0 saturated carbocycles. The van der Waals surface area contributed by atoms with Gasteiger partial charge in [-0.3, -0.25) is 18.6 Å². The third kappa shape index (κ3) is 61.1. The molecule has 0 spiro atoms. The molecule has 0 aromatic heterocycles. The van der Waals surface area contributed by atoms with Gasteiger partial charge in [0.15, 0.2) is 0 Å². The summed E-state index contributed by atoms with van der Waals surface area (Å²) in [6.07, 6.45) is 82.3. The first kappa shape index (κ1) is 77.7. The van der Waals surface area contributed by atoms with Gasteiger partial charge in [-0.1, -0.05) is 265 Å². The Morgan fingerprint density at radius 3 is 1.28 bits per heavy atom. The number of amides is 1. The number of hydrogen-bond acceptors (Lipinski definition) is 6. The fraction of sp³-hybridized carbons (Fsp3) is 0.718. The predicted octanol–water partition coefficient (Wildman–Crippen LogP) is 20.9. The van der Waals surface area contributed by atoms with Crippen molar-refractivity contribution >= 4 is 19.7 Å². The van der Waals surface area contributed by atoms with E-state index in [2.05, 4.69) is 123 Å². The monoisotopic (exact) mass is 1150 g/mol. The molecule has 0 aromatic rings. The molecule has 0 aliphatic carbocycles. The molecule has 0 radical (unpaired) electrons. The number of carbonyl (C=O) groups is 2. The van der Waals surface area contributed by atoms with Crippen LogP contribution in [0.5, 0.6) is 0 Å². The van der Waals surface area contributed by atoms with Crippen LogP contribution < -0.4 is 5.32 Å². The minimum atomic E-state index is -4.46. The summed E-state index contributed by atoms with van der Waals surface area (Å²) in [6.45, 7) is 6.86. The van der Waals surface area contributed by atoms with Crippen molar-refractivity contribution in [2.75, 3.05) is 40.9 Å². The smallest absolute Gasteiger partial charge is 0.456 e. The van der Waals surface area contributed by atoms with E-state index in [4.69, 9.17) is 13.8 Å². The van der Waals surface area contributed by atoms with Gasteiger partial charge in [-0.2, -0.15) is 0 Å². The van der Waals surface area contributed by atoms with Crippen LogP contribution in [0.25, 0.3) is 0 Å². The maximum Gasteiger partial charge on any atom is 0.472 e. The molecule has 3 unspecified atom stereocenters. The van der Waals surface area contributed by atoms with Crippen LogP contribution in [0.4, 0.5) is 0 Å². The van der Waals surface area contributed by atoms with Crippen LogP contribution in [-0.2, 0) is 27.9 Å². The van der Waals surface area contributed by atoms with E-state index >= 15 is 0 Å². The normalized spacial score (nSPS) is 14.3. The SMILES string of the molecule is CC/C=C\C/C=C\C/C=C\C/C=C\C/C=C\C/C=C\CCCCCCCCCCC(=O)NC(COP(=O)(O)OCC[N+](C)(C)C)C(/C=C\CCCCCCCCCCCCC)OC(=O)CCCCCCCC/C=C/C=C/CCCCC.